The maximum absolute atomic E-state index is 11.2. The van der Waals surface area contributed by atoms with Gasteiger partial charge in [0.2, 0.25) is 5.78 Å². The molecular weight excluding hydrogens is 176 g/mol. The molecule has 0 aliphatic rings. The Morgan fingerprint density at radius 3 is 2.71 bits per heavy atom. The van der Waals surface area contributed by atoms with Crippen LogP contribution in [-0.4, -0.2) is 16.8 Å². The second-order valence-corrected chi connectivity index (χ2v) is 3.24. The molecule has 72 valence electrons. The Morgan fingerprint density at radius 1 is 1.50 bits per heavy atom. The zero-order valence-electron chi connectivity index (χ0n) is 8.05. The minimum Gasteiger partial charge on any atom is -0.361 e. The fraction of sp³-hybridized carbons (Fsp3) is 0.273. The van der Waals surface area contributed by atoms with Gasteiger partial charge in [-0.05, 0) is 12.0 Å². The monoisotopic (exact) mass is 188 g/mol. The van der Waals surface area contributed by atoms with Crippen molar-refractivity contribution >= 4 is 12.0 Å². The van der Waals surface area contributed by atoms with Gasteiger partial charge >= 0.3 is 6.21 Å². The van der Waals surface area contributed by atoms with Gasteiger partial charge in [0, 0.05) is 5.92 Å². The van der Waals surface area contributed by atoms with Crippen LogP contribution in [0.3, 0.4) is 0 Å². The summed E-state index contributed by atoms with van der Waals surface area (Å²) in [4.78, 5) is 14.0. The van der Waals surface area contributed by atoms with Crippen LogP contribution in [0.1, 0.15) is 12.5 Å². The molecule has 3 heteroatoms. The summed E-state index contributed by atoms with van der Waals surface area (Å²) in [5.74, 6) is -0.301. The number of hydrogen-bond donors (Lipinski definition) is 0. The van der Waals surface area contributed by atoms with Gasteiger partial charge in [0.15, 0.2) is 0 Å². The predicted molar refractivity (Wildman–Crippen MR) is 54.0 cm³/mol. The molecule has 0 aliphatic heterocycles. The summed E-state index contributed by atoms with van der Waals surface area (Å²) in [5, 5.41) is 0. The van der Waals surface area contributed by atoms with Crippen LogP contribution in [0.5, 0.6) is 0 Å². The van der Waals surface area contributed by atoms with Gasteiger partial charge in [-0.3, -0.25) is 4.79 Å². The highest BCUT2D eigenvalue weighted by Gasteiger charge is 2.14. The molecule has 0 fully saturated rings. The number of carbonyl (C=O) groups is 1. The topological polar surface area (TPSA) is 53.5 Å². The van der Waals surface area contributed by atoms with E-state index in [0.717, 1.165) is 11.8 Å². The second-order valence-electron chi connectivity index (χ2n) is 3.24. The maximum Gasteiger partial charge on any atom is 0.323 e. The van der Waals surface area contributed by atoms with Crippen molar-refractivity contribution in [3.8, 4) is 0 Å². The van der Waals surface area contributed by atoms with E-state index in [2.05, 4.69) is 4.79 Å². The van der Waals surface area contributed by atoms with Crippen molar-refractivity contribution in [3.05, 3.63) is 41.4 Å². The van der Waals surface area contributed by atoms with E-state index in [9.17, 15) is 4.79 Å². The zero-order chi connectivity index (χ0) is 10.4. The summed E-state index contributed by atoms with van der Waals surface area (Å²) in [6, 6.07) is 9.75. The van der Waals surface area contributed by atoms with Crippen LogP contribution in [0.25, 0.3) is 5.53 Å². The van der Waals surface area contributed by atoms with Crippen LogP contribution in [0, 0.1) is 5.92 Å². The summed E-state index contributed by atoms with van der Waals surface area (Å²) in [6.07, 6.45) is 1.62. The number of benzene rings is 1. The van der Waals surface area contributed by atoms with Gasteiger partial charge in [-0.1, -0.05) is 37.3 Å². The molecule has 0 amide bonds. The van der Waals surface area contributed by atoms with E-state index < -0.39 is 0 Å². The highest BCUT2D eigenvalue weighted by molar-refractivity contribution is 6.26. The summed E-state index contributed by atoms with van der Waals surface area (Å²) in [6.45, 7) is 1.82. The van der Waals surface area contributed by atoms with Gasteiger partial charge in [0.05, 0.1) is 0 Å². The summed E-state index contributed by atoms with van der Waals surface area (Å²) in [5.41, 5.74) is 9.31. The molecule has 14 heavy (non-hydrogen) atoms. The molecule has 0 aromatic heterocycles. The van der Waals surface area contributed by atoms with Crippen LogP contribution >= 0.6 is 0 Å². The molecule has 0 N–H and O–H groups in total. The number of nitrogens with zero attached hydrogens (tertiary/aromatic N) is 2. The number of rotatable bonds is 4. The van der Waals surface area contributed by atoms with E-state index in [4.69, 9.17) is 5.53 Å². The normalized spacial score (nSPS) is 11.5. The van der Waals surface area contributed by atoms with E-state index in [1.165, 1.54) is 0 Å². The fourth-order valence-electron chi connectivity index (χ4n) is 1.25. The second kappa shape index (κ2) is 5.10. The highest BCUT2D eigenvalue weighted by Crippen LogP contribution is 2.07. The third-order valence-electron chi connectivity index (χ3n) is 2.06. The first-order valence-corrected chi connectivity index (χ1v) is 4.49. The van der Waals surface area contributed by atoms with Crippen molar-refractivity contribution < 1.29 is 9.58 Å². The Morgan fingerprint density at radius 2 is 2.14 bits per heavy atom. The first kappa shape index (κ1) is 10.4. The fourth-order valence-corrected chi connectivity index (χ4v) is 1.25. The first-order chi connectivity index (χ1) is 6.74. The molecule has 0 heterocycles. The number of ketones is 1. The van der Waals surface area contributed by atoms with E-state index >= 15 is 0 Å². The average Bonchev–Trinajstić information content (AvgIpc) is 2.19. The van der Waals surface area contributed by atoms with Gasteiger partial charge in [0.25, 0.3) is 0 Å². The molecule has 1 aromatic rings. The van der Waals surface area contributed by atoms with Crippen LogP contribution in [0.4, 0.5) is 0 Å². The number of carbonyl (C=O) groups excluding carboxylic acids is 1. The molecule has 1 rings (SSSR count). The Bertz CT molecular complexity index is 353. The van der Waals surface area contributed by atoms with E-state index in [0.29, 0.717) is 6.42 Å². The third kappa shape index (κ3) is 2.96. The molecule has 0 aliphatic carbocycles. The van der Waals surface area contributed by atoms with Crippen molar-refractivity contribution in [2.75, 3.05) is 0 Å². The van der Waals surface area contributed by atoms with Gasteiger partial charge < -0.3 is 5.53 Å². The maximum atomic E-state index is 11.2. The lowest BCUT2D eigenvalue weighted by Gasteiger charge is -2.04. The molecule has 3 nitrogen and oxygen atoms in total. The van der Waals surface area contributed by atoms with Gasteiger partial charge in [0.1, 0.15) is 0 Å². The van der Waals surface area contributed by atoms with Crippen molar-refractivity contribution in [2.24, 2.45) is 5.92 Å². The lowest BCUT2D eigenvalue weighted by molar-refractivity contribution is -0.119. The molecule has 0 spiro atoms. The van der Waals surface area contributed by atoms with Crippen LogP contribution in [0.2, 0.25) is 0 Å². The van der Waals surface area contributed by atoms with Crippen LogP contribution < -0.4 is 0 Å². The first-order valence-electron chi connectivity index (χ1n) is 4.49. The van der Waals surface area contributed by atoms with Crippen molar-refractivity contribution in [1.29, 1.82) is 0 Å². The van der Waals surface area contributed by atoms with E-state index in [1.54, 1.807) is 0 Å². The Balaban J connectivity index is 2.61. The third-order valence-corrected chi connectivity index (χ3v) is 2.06. The summed E-state index contributed by atoms with van der Waals surface area (Å²) < 4.78 is 0. The van der Waals surface area contributed by atoms with Crippen molar-refractivity contribution in [3.63, 3.8) is 0 Å². The highest BCUT2D eigenvalue weighted by atomic mass is 16.1. The standard InChI is InChI=1S/C11H12N2O/c1-9(11(14)8-13-12)7-10-5-3-2-4-6-10/h2-6,8-9H,7H2,1H3/t9-/m1/s1. The van der Waals surface area contributed by atoms with Crippen LogP contribution in [0.15, 0.2) is 30.3 Å². The summed E-state index contributed by atoms with van der Waals surface area (Å²) >= 11 is 0. The Hall–Kier alpha value is -1.73. The van der Waals surface area contributed by atoms with Crippen LogP contribution in [-0.2, 0) is 11.2 Å². The average molecular weight is 188 g/mol. The Kier molecular flexibility index (Phi) is 3.77. The van der Waals surface area contributed by atoms with Gasteiger partial charge in [-0.15, -0.1) is 0 Å². The molecular formula is C11H12N2O. The van der Waals surface area contributed by atoms with Crippen molar-refractivity contribution in [1.82, 2.24) is 0 Å². The molecule has 0 saturated carbocycles. The molecule has 1 atom stereocenters. The molecule has 0 unspecified atom stereocenters. The van der Waals surface area contributed by atoms with E-state index in [1.807, 2.05) is 37.3 Å². The largest absolute Gasteiger partial charge is 0.361 e. The smallest absolute Gasteiger partial charge is 0.323 e. The quantitative estimate of drug-likeness (QED) is 0.403. The number of Topliss-reactive ketones (excluding diaryl/α,β-unsaturated/α-hetero) is 1. The minimum absolute atomic E-state index is 0.145. The van der Waals surface area contributed by atoms with E-state index in [-0.39, 0.29) is 11.7 Å². The SMILES string of the molecule is C[C@H](Cc1ccccc1)C(=O)C=[N+]=[N-]. The summed E-state index contributed by atoms with van der Waals surface area (Å²) in [7, 11) is 0. The lowest BCUT2D eigenvalue weighted by atomic mass is 9.98. The van der Waals surface area contributed by atoms with Crippen molar-refractivity contribution in [2.45, 2.75) is 13.3 Å². The molecule has 0 radical (unpaired) electrons. The Labute approximate surface area is 83.0 Å². The van der Waals surface area contributed by atoms with Gasteiger partial charge in [-0.25, -0.2) is 0 Å². The molecule has 0 saturated heterocycles. The predicted octanol–water partition coefficient (Wildman–Crippen LogP) is 1.73. The molecule has 0 bridgehead atoms. The zero-order valence-corrected chi connectivity index (χ0v) is 8.05. The number of hydrogen-bond acceptors (Lipinski definition) is 1. The molecule has 1 aromatic carbocycles. The van der Waals surface area contributed by atoms with Gasteiger partial charge in [-0.2, -0.15) is 4.79 Å². The lowest BCUT2D eigenvalue weighted by Crippen LogP contribution is -2.14. The minimum atomic E-state index is -0.156.